The van der Waals surface area contributed by atoms with E-state index in [4.69, 9.17) is 9.62 Å². The lowest BCUT2D eigenvalue weighted by Crippen LogP contribution is -2.50. The first-order chi connectivity index (χ1) is 13.0. The third-order valence-corrected chi connectivity index (χ3v) is 7.07. The smallest absolute Gasteiger partial charge is 0.352 e. The molecule has 0 saturated heterocycles. The van der Waals surface area contributed by atoms with E-state index >= 15 is 0 Å². The van der Waals surface area contributed by atoms with Gasteiger partial charge in [0.1, 0.15) is 11.4 Å². The average molecular weight is 414 g/mol. The van der Waals surface area contributed by atoms with Crippen molar-refractivity contribution < 1.29 is 27.7 Å². The molecule has 0 spiro atoms. The van der Waals surface area contributed by atoms with Crippen LogP contribution in [0.5, 0.6) is 11.5 Å². The maximum Gasteiger partial charge on any atom is 0.352 e. The fourth-order valence-electron chi connectivity index (χ4n) is 3.73. The summed E-state index contributed by atoms with van der Waals surface area (Å²) in [7, 11) is -3.53. The Morgan fingerprint density at radius 2 is 2.00 bits per heavy atom. The Kier molecular flexibility index (Phi) is 6.98. The zero-order valence-corrected chi connectivity index (χ0v) is 18.3. The molecule has 28 heavy (non-hydrogen) atoms. The Morgan fingerprint density at radius 3 is 2.57 bits per heavy atom. The van der Waals surface area contributed by atoms with Crippen LogP contribution in [0.25, 0.3) is 0 Å². The van der Waals surface area contributed by atoms with Crippen molar-refractivity contribution in [2.75, 3.05) is 0 Å². The van der Waals surface area contributed by atoms with E-state index in [1.165, 1.54) is 6.92 Å². The normalized spacial score (nSPS) is 21.9. The molecular weight excluding hydrogens is 382 g/mol. The zero-order valence-electron chi connectivity index (χ0n) is 17.4. The Morgan fingerprint density at radius 1 is 1.32 bits per heavy atom. The van der Waals surface area contributed by atoms with E-state index in [2.05, 4.69) is 9.61 Å². The molecule has 7 nitrogen and oxygen atoms in total. The van der Waals surface area contributed by atoms with Crippen LogP contribution in [0.1, 0.15) is 72.4 Å². The van der Waals surface area contributed by atoms with Crippen molar-refractivity contribution in [1.29, 1.82) is 0 Å². The fraction of sp³-hybridized carbons (Fsp3) is 0.650. The molecule has 1 N–H and O–H groups in total. The van der Waals surface area contributed by atoms with Crippen molar-refractivity contribution in [2.24, 2.45) is 5.92 Å². The summed E-state index contributed by atoms with van der Waals surface area (Å²) < 4.78 is 34.9. The predicted octanol–water partition coefficient (Wildman–Crippen LogP) is 3.89. The maximum absolute atomic E-state index is 12.9. The minimum atomic E-state index is -3.53. The first-order valence-electron chi connectivity index (χ1n) is 9.71. The molecule has 8 heteroatoms. The summed E-state index contributed by atoms with van der Waals surface area (Å²) in [6.07, 6.45) is 2.09. The molecular formula is C20H31NO6S. The second-order valence-electron chi connectivity index (χ2n) is 7.82. The highest BCUT2D eigenvalue weighted by Gasteiger charge is 2.45. The standard InChI is InChI=1S/C20H31NO6S/c1-7-9-13(3)28(23,24)21-19-16-12-15(27-26-14(4)22)10-11-18(16)25-20(5,6)17(19)8-2/h10-13,17,19,21H,7-9H2,1-6H3. The van der Waals surface area contributed by atoms with E-state index in [1.54, 1.807) is 25.1 Å². The van der Waals surface area contributed by atoms with Crippen molar-refractivity contribution in [3.8, 4) is 11.5 Å². The number of nitrogens with one attached hydrogen (secondary N) is 1. The van der Waals surface area contributed by atoms with Gasteiger partial charge in [-0.2, -0.15) is 0 Å². The Labute approximate surface area is 167 Å². The summed E-state index contributed by atoms with van der Waals surface area (Å²) in [5.41, 5.74) is 0.115. The lowest BCUT2D eigenvalue weighted by Gasteiger charge is -2.45. The number of benzene rings is 1. The monoisotopic (exact) mass is 413 g/mol. The summed E-state index contributed by atoms with van der Waals surface area (Å²) in [6, 6.07) is 4.51. The average Bonchev–Trinajstić information content (AvgIpc) is 2.59. The molecule has 0 aromatic heterocycles. The van der Waals surface area contributed by atoms with Gasteiger partial charge in [0.2, 0.25) is 10.0 Å². The highest BCUT2D eigenvalue weighted by atomic mass is 32.2. The number of rotatable bonds is 8. The lowest BCUT2D eigenvalue weighted by atomic mass is 9.77. The number of ether oxygens (including phenoxy) is 1. The number of hydrogen-bond acceptors (Lipinski definition) is 6. The largest absolute Gasteiger partial charge is 0.487 e. The van der Waals surface area contributed by atoms with Crippen LogP contribution in [0.4, 0.5) is 0 Å². The van der Waals surface area contributed by atoms with Crippen LogP contribution in [0.15, 0.2) is 18.2 Å². The first-order valence-corrected chi connectivity index (χ1v) is 11.3. The Hall–Kier alpha value is -1.80. The third kappa shape index (κ3) is 4.97. The minimum absolute atomic E-state index is 0.0902. The van der Waals surface area contributed by atoms with Crippen LogP contribution in [0, 0.1) is 5.92 Å². The predicted molar refractivity (Wildman–Crippen MR) is 106 cm³/mol. The van der Waals surface area contributed by atoms with Gasteiger partial charge in [-0.25, -0.2) is 17.9 Å². The molecule has 0 aliphatic carbocycles. The van der Waals surface area contributed by atoms with Gasteiger partial charge in [-0.15, -0.1) is 0 Å². The van der Waals surface area contributed by atoms with Gasteiger partial charge in [0.05, 0.1) is 11.3 Å². The molecule has 0 fully saturated rings. The van der Waals surface area contributed by atoms with E-state index in [0.717, 1.165) is 12.8 Å². The summed E-state index contributed by atoms with van der Waals surface area (Å²) in [4.78, 5) is 20.7. The number of hydrogen-bond donors (Lipinski definition) is 1. The van der Waals surface area contributed by atoms with Crippen molar-refractivity contribution in [1.82, 2.24) is 4.72 Å². The Balaban J connectivity index is 2.45. The van der Waals surface area contributed by atoms with Crippen LogP contribution in [0.2, 0.25) is 0 Å². The molecule has 0 radical (unpaired) electrons. The van der Waals surface area contributed by atoms with Gasteiger partial charge in [0, 0.05) is 18.4 Å². The fourth-order valence-corrected chi connectivity index (χ4v) is 5.15. The van der Waals surface area contributed by atoms with Crippen molar-refractivity contribution in [3.63, 3.8) is 0 Å². The quantitative estimate of drug-likeness (QED) is 0.514. The first kappa shape index (κ1) is 22.5. The van der Waals surface area contributed by atoms with Crippen molar-refractivity contribution in [3.05, 3.63) is 23.8 Å². The summed E-state index contributed by atoms with van der Waals surface area (Å²) >= 11 is 0. The van der Waals surface area contributed by atoms with Gasteiger partial charge in [0.25, 0.3) is 0 Å². The number of carbonyl (C=O) groups excluding carboxylic acids is 1. The molecule has 158 valence electrons. The van der Waals surface area contributed by atoms with Gasteiger partial charge in [-0.3, -0.25) is 9.78 Å². The zero-order chi connectivity index (χ0) is 21.1. The highest BCUT2D eigenvalue weighted by Crippen LogP contribution is 2.46. The summed E-state index contributed by atoms with van der Waals surface area (Å²) in [6.45, 7) is 10.9. The Bertz CT molecular complexity index is 805. The van der Waals surface area contributed by atoms with Crippen LogP contribution < -0.4 is 14.3 Å². The van der Waals surface area contributed by atoms with E-state index < -0.39 is 32.9 Å². The van der Waals surface area contributed by atoms with E-state index in [1.807, 2.05) is 27.7 Å². The molecule has 1 aromatic carbocycles. The molecule has 1 aliphatic heterocycles. The van der Waals surface area contributed by atoms with Gasteiger partial charge in [-0.05, 0) is 51.8 Å². The van der Waals surface area contributed by atoms with Crippen molar-refractivity contribution in [2.45, 2.75) is 77.7 Å². The number of sulfonamides is 1. The van der Waals surface area contributed by atoms with Crippen molar-refractivity contribution >= 4 is 16.0 Å². The SMILES string of the molecule is CCCC(C)S(=O)(=O)NC1c2cc(OOC(C)=O)ccc2OC(C)(C)C1CC. The molecule has 1 aromatic rings. The van der Waals surface area contributed by atoms with E-state index in [0.29, 0.717) is 23.5 Å². The van der Waals surface area contributed by atoms with Crippen LogP contribution in [-0.4, -0.2) is 25.2 Å². The second kappa shape index (κ2) is 8.69. The number of fused-ring (bicyclic) bond motifs is 1. The van der Waals surface area contributed by atoms with Gasteiger partial charge < -0.3 is 4.74 Å². The van der Waals surface area contributed by atoms with E-state index in [9.17, 15) is 13.2 Å². The topological polar surface area (TPSA) is 90.9 Å². The van der Waals surface area contributed by atoms with Crippen LogP contribution >= 0.6 is 0 Å². The molecule has 0 saturated carbocycles. The van der Waals surface area contributed by atoms with Crippen LogP contribution in [-0.2, 0) is 19.7 Å². The number of carbonyl (C=O) groups is 1. The molecule has 3 atom stereocenters. The summed E-state index contributed by atoms with van der Waals surface area (Å²) in [5.74, 6) is 0.221. The lowest BCUT2D eigenvalue weighted by molar-refractivity contribution is -0.210. The molecule has 1 heterocycles. The highest BCUT2D eigenvalue weighted by molar-refractivity contribution is 7.90. The van der Waals surface area contributed by atoms with Crippen LogP contribution in [0.3, 0.4) is 0 Å². The van der Waals surface area contributed by atoms with Gasteiger partial charge in [0.15, 0.2) is 5.75 Å². The molecule has 3 unspecified atom stereocenters. The molecule has 1 aliphatic rings. The minimum Gasteiger partial charge on any atom is -0.487 e. The maximum atomic E-state index is 12.9. The molecule has 2 rings (SSSR count). The second-order valence-corrected chi connectivity index (χ2v) is 9.95. The molecule has 0 bridgehead atoms. The van der Waals surface area contributed by atoms with Gasteiger partial charge >= 0.3 is 5.97 Å². The summed E-state index contributed by atoms with van der Waals surface area (Å²) in [5, 5.41) is -0.495. The molecule has 0 amide bonds. The third-order valence-electron chi connectivity index (χ3n) is 5.20. The van der Waals surface area contributed by atoms with Gasteiger partial charge in [-0.1, -0.05) is 20.3 Å². The van der Waals surface area contributed by atoms with E-state index in [-0.39, 0.29) is 5.92 Å².